The third-order valence-corrected chi connectivity index (χ3v) is 5.28. The summed E-state index contributed by atoms with van der Waals surface area (Å²) in [5, 5.41) is 3.03. The van der Waals surface area contributed by atoms with E-state index in [1.54, 1.807) is 66.7 Å². The first kappa shape index (κ1) is 21.6. The standard InChI is InChI=1S/C23H18ClNO4S/c1-30-18-11-12-20(24)19(13-18)23(28)29-14-21(26)15-7-9-17(10-8-15)25-22(27)16-5-3-2-4-6-16/h2-13H,14H2,1H3,(H,25,27). The van der Waals surface area contributed by atoms with Gasteiger partial charge in [-0.2, -0.15) is 0 Å². The lowest BCUT2D eigenvalue weighted by molar-refractivity contribution is 0.0474. The molecular weight excluding hydrogens is 422 g/mol. The third kappa shape index (κ3) is 5.49. The summed E-state index contributed by atoms with van der Waals surface area (Å²) in [7, 11) is 0. The molecule has 0 spiro atoms. The van der Waals surface area contributed by atoms with Crippen LogP contribution in [0.1, 0.15) is 31.1 Å². The molecule has 3 rings (SSSR count). The highest BCUT2D eigenvalue weighted by atomic mass is 35.5. The molecule has 0 unspecified atom stereocenters. The van der Waals surface area contributed by atoms with E-state index in [1.165, 1.54) is 11.8 Å². The second-order valence-corrected chi connectivity index (χ2v) is 7.53. The molecule has 30 heavy (non-hydrogen) atoms. The van der Waals surface area contributed by atoms with Gasteiger partial charge in [0.2, 0.25) is 0 Å². The predicted octanol–water partition coefficient (Wildman–Crippen LogP) is 5.35. The maximum absolute atomic E-state index is 12.3. The molecule has 7 heteroatoms. The molecule has 3 aromatic rings. The SMILES string of the molecule is CSc1ccc(Cl)c(C(=O)OCC(=O)c2ccc(NC(=O)c3ccccc3)cc2)c1. The number of rotatable bonds is 7. The van der Waals surface area contributed by atoms with Gasteiger partial charge in [0, 0.05) is 21.7 Å². The first-order valence-corrected chi connectivity index (χ1v) is 10.6. The fraction of sp³-hybridized carbons (Fsp3) is 0.0870. The number of thioether (sulfide) groups is 1. The van der Waals surface area contributed by atoms with Crippen molar-refractivity contribution < 1.29 is 19.1 Å². The number of ether oxygens (including phenoxy) is 1. The highest BCUT2D eigenvalue weighted by molar-refractivity contribution is 7.98. The van der Waals surface area contributed by atoms with E-state index in [1.807, 2.05) is 12.3 Å². The van der Waals surface area contributed by atoms with Gasteiger partial charge in [-0.05, 0) is 60.9 Å². The van der Waals surface area contributed by atoms with Crippen LogP contribution in [0.2, 0.25) is 5.02 Å². The first-order chi connectivity index (χ1) is 14.5. The van der Waals surface area contributed by atoms with Gasteiger partial charge in [-0.3, -0.25) is 9.59 Å². The number of ketones is 1. The van der Waals surface area contributed by atoms with Crippen LogP contribution in [0.4, 0.5) is 5.69 Å². The zero-order valence-corrected chi connectivity index (χ0v) is 17.6. The summed E-state index contributed by atoms with van der Waals surface area (Å²) in [5.74, 6) is -1.26. The quantitative estimate of drug-likeness (QED) is 0.305. The fourth-order valence-electron chi connectivity index (χ4n) is 2.61. The number of hydrogen-bond donors (Lipinski definition) is 1. The number of halogens is 1. The van der Waals surface area contributed by atoms with E-state index < -0.39 is 12.6 Å². The van der Waals surface area contributed by atoms with Gasteiger partial charge in [0.25, 0.3) is 5.91 Å². The fourth-order valence-corrected chi connectivity index (χ4v) is 3.25. The molecule has 3 aromatic carbocycles. The van der Waals surface area contributed by atoms with E-state index in [-0.39, 0.29) is 22.3 Å². The van der Waals surface area contributed by atoms with Crippen molar-refractivity contribution in [1.82, 2.24) is 0 Å². The Morgan fingerprint density at radius 1 is 0.933 bits per heavy atom. The van der Waals surface area contributed by atoms with Crippen molar-refractivity contribution in [1.29, 1.82) is 0 Å². The normalized spacial score (nSPS) is 10.3. The maximum atomic E-state index is 12.3. The molecule has 0 bridgehead atoms. The number of benzene rings is 3. The Morgan fingerprint density at radius 3 is 2.30 bits per heavy atom. The molecule has 0 heterocycles. The molecule has 0 atom stereocenters. The highest BCUT2D eigenvalue weighted by Crippen LogP contribution is 2.23. The number of nitrogens with one attached hydrogen (secondary N) is 1. The molecule has 5 nitrogen and oxygen atoms in total. The molecule has 0 aromatic heterocycles. The zero-order valence-electron chi connectivity index (χ0n) is 16.1. The molecule has 1 N–H and O–H groups in total. The van der Waals surface area contributed by atoms with Crippen molar-refractivity contribution in [3.63, 3.8) is 0 Å². The van der Waals surface area contributed by atoms with Crippen LogP contribution in [-0.2, 0) is 4.74 Å². The Hall–Kier alpha value is -3.09. The number of carbonyl (C=O) groups is 3. The van der Waals surface area contributed by atoms with E-state index >= 15 is 0 Å². The molecule has 0 radical (unpaired) electrons. The number of esters is 1. The summed E-state index contributed by atoms with van der Waals surface area (Å²) in [6.45, 7) is -0.408. The lowest BCUT2D eigenvalue weighted by Crippen LogP contribution is -2.15. The van der Waals surface area contributed by atoms with Crippen LogP contribution < -0.4 is 5.32 Å². The average molecular weight is 440 g/mol. The lowest BCUT2D eigenvalue weighted by atomic mass is 10.1. The second-order valence-electron chi connectivity index (χ2n) is 6.24. The molecule has 0 aliphatic heterocycles. The number of carbonyl (C=O) groups excluding carboxylic acids is 3. The van der Waals surface area contributed by atoms with Gasteiger partial charge in [0.15, 0.2) is 12.4 Å². The van der Waals surface area contributed by atoms with Crippen molar-refractivity contribution in [2.45, 2.75) is 4.90 Å². The minimum absolute atomic E-state index is 0.218. The summed E-state index contributed by atoms with van der Waals surface area (Å²) in [4.78, 5) is 37.6. The molecule has 1 amide bonds. The van der Waals surface area contributed by atoms with E-state index in [0.29, 0.717) is 16.8 Å². The van der Waals surface area contributed by atoms with Crippen LogP contribution in [0.15, 0.2) is 77.7 Å². The summed E-state index contributed by atoms with van der Waals surface area (Å²) in [6.07, 6.45) is 1.88. The van der Waals surface area contributed by atoms with Crippen LogP contribution in [0, 0.1) is 0 Å². The molecule has 0 aliphatic rings. The Bertz CT molecular complexity index is 1070. The van der Waals surface area contributed by atoms with Gasteiger partial charge in [0.05, 0.1) is 10.6 Å². The molecule has 0 fully saturated rings. The third-order valence-electron chi connectivity index (χ3n) is 4.23. The summed E-state index contributed by atoms with van der Waals surface area (Å²) in [6, 6.07) is 20.2. The number of hydrogen-bond acceptors (Lipinski definition) is 5. The predicted molar refractivity (Wildman–Crippen MR) is 119 cm³/mol. The second kappa shape index (κ2) is 10.1. The van der Waals surface area contributed by atoms with Crippen LogP contribution in [0.3, 0.4) is 0 Å². The minimum Gasteiger partial charge on any atom is -0.454 e. The van der Waals surface area contributed by atoms with E-state index in [9.17, 15) is 14.4 Å². The molecule has 0 aliphatic carbocycles. The van der Waals surface area contributed by atoms with Crippen molar-refractivity contribution in [3.8, 4) is 0 Å². The molecule has 0 saturated heterocycles. The van der Waals surface area contributed by atoms with Gasteiger partial charge in [0.1, 0.15) is 0 Å². The minimum atomic E-state index is -0.656. The monoisotopic (exact) mass is 439 g/mol. The maximum Gasteiger partial charge on any atom is 0.340 e. The van der Waals surface area contributed by atoms with Crippen LogP contribution in [0.25, 0.3) is 0 Å². The Morgan fingerprint density at radius 2 is 1.63 bits per heavy atom. The number of anilines is 1. The smallest absolute Gasteiger partial charge is 0.340 e. The molecule has 0 saturated carbocycles. The summed E-state index contributed by atoms with van der Waals surface area (Å²) < 4.78 is 5.13. The van der Waals surface area contributed by atoms with E-state index in [4.69, 9.17) is 16.3 Å². The highest BCUT2D eigenvalue weighted by Gasteiger charge is 2.15. The van der Waals surface area contributed by atoms with Gasteiger partial charge >= 0.3 is 5.97 Å². The summed E-state index contributed by atoms with van der Waals surface area (Å²) in [5.41, 5.74) is 1.67. The summed E-state index contributed by atoms with van der Waals surface area (Å²) >= 11 is 7.53. The Kier molecular flexibility index (Phi) is 7.27. The van der Waals surface area contributed by atoms with Crippen LogP contribution >= 0.6 is 23.4 Å². The van der Waals surface area contributed by atoms with Crippen molar-refractivity contribution in [2.75, 3.05) is 18.2 Å². The topological polar surface area (TPSA) is 72.5 Å². The van der Waals surface area contributed by atoms with Crippen LogP contribution in [-0.4, -0.2) is 30.5 Å². The average Bonchev–Trinajstić information content (AvgIpc) is 2.78. The van der Waals surface area contributed by atoms with Crippen molar-refractivity contribution in [2.24, 2.45) is 0 Å². The van der Waals surface area contributed by atoms with Crippen LogP contribution in [0.5, 0.6) is 0 Å². The number of amides is 1. The Labute approximate surface area is 183 Å². The van der Waals surface area contributed by atoms with E-state index in [2.05, 4.69) is 5.32 Å². The number of Topliss-reactive ketones (excluding diaryl/α,β-unsaturated/α-hetero) is 1. The first-order valence-electron chi connectivity index (χ1n) is 8.98. The van der Waals surface area contributed by atoms with Gasteiger partial charge in [-0.15, -0.1) is 11.8 Å². The van der Waals surface area contributed by atoms with Gasteiger partial charge < -0.3 is 10.1 Å². The van der Waals surface area contributed by atoms with Crippen molar-refractivity contribution in [3.05, 3.63) is 94.5 Å². The van der Waals surface area contributed by atoms with Gasteiger partial charge in [-0.1, -0.05) is 29.8 Å². The van der Waals surface area contributed by atoms with Crippen molar-refractivity contribution >= 4 is 46.7 Å². The van der Waals surface area contributed by atoms with E-state index in [0.717, 1.165) is 4.90 Å². The largest absolute Gasteiger partial charge is 0.454 e. The van der Waals surface area contributed by atoms with Gasteiger partial charge in [-0.25, -0.2) is 4.79 Å². The molecular formula is C23H18ClNO4S. The Balaban J connectivity index is 1.58. The molecule has 152 valence electrons. The zero-order chi connectivity index (χ0) is 21.5. The lowest BCUT2D eigenvalue weighted by Gasteiger charge is -2.08.